The van der Waals surface area contributed by atoms with Crippen molar-refractivity contribution < 1.29 is 18.3 Å². The molecule has 8 heteroatoms. The number of nitrogens with one attached hydrogen (secondary N) is 1. The topological polar surface area (TPSA) is 99.6 Å². The first-order valence-electron chi connectivity index (χ1n) is 5.97. The number of aromatic nitrogens is 1. The summed E-state index contributed by atoms with van der Waals surface area (Å²) in [4.78, 5) is 14.5. The van der Waals surface area contributed by atoms with Gasteiger partial charge in [0.1, 0.15) is 5.82 Å². The summed E-state index contributed by atoms with van der Waals surface area (Å²) in [5.74, 6) is -1.18. The molecular weight excluding hydrogens is 270 g/mol. The predicted molar refractivity (Wildman–Crippen MR) is 69.2 cm³/mol. The van der Waals surface area contributed by atoms with Gasteiger partial charge in [-0.15, -0.1) is 0 Å². The average Bonchev–Trinajstić information content (AvgIpc) is 2.39. The van der Waals surface area contributed by atoms with Crippen LogP contribution in [0.15, 0.2) is 18.2 Å². The van der Waals surface area contributed by atoms with Crippen LogP contribution in [0.2, 0.25) is 0 Å². The van der Waals surface area contributed by atoms with E-state index in [0.717, 1.165) is 19.3 Å². The molecule has 0 amide bonds. The SMILES string of the molecule is O=C(O)c1cccc(NS(=O)(=O)N2CCCCC2)n1. The predicted octanol–water partition coefficient (Wildman–Crippen LogP) is 0.922. The Morgan fingerprint density at radius 3 is 2.58 bits per heavy atom. The number of carboxylic acid groups (broad SMARTS) is 1. The van der Waals surface area contributed by atoms with Crippen LogP contribution in [0.1, 0.15) is 29.8 Å². The molecule has 1 aliphatic heterocycles. The third kappa shape index (κ3) is 3.42. The molecule has 19 heavy (non-hydrogen) atoms. The Morgan fingerprint density at radius 2 is 1.95 bits per heavy atom. The van der Waals surface area contributed by atoms with E-state index in [9.17, 15) is 13.2 Å². The van der Waals surface area contributed by atoms with E-state index in [2.05, 4.69) is 9.71 Å². The second-order valence-corrected chi connectivity index (χ2v) is 5.95. The molecule has 2 N–H and O–H groups in total. The summed E-state index contributed by atoms with van der Waals surface area (Å²) < 4.78 is 27.8. The van der Waals surface area contributed by atoms with E-state index >= 15 is 0 Å². The quantitative estimate of drug-likeness (QED) is 0.857. The van der Waals surface area contributed by atoms with Gasteiger partial charge in [0, 0.05) is 13.1 Å². The van der Waals surface area contributed by atoms with Crippen molar-refractivity contribution in [3.8, 4) is 0 Å². The number of rotatable bonds is 4. The molecule has 2 heterocycles. The van der Waals surface area contributed by atoms with Crippen LogP contribution < -0.4 is 4.72 Å². The van der Waals surface area contributed by atoms with Crippen LogP contribution in [-0.2, 0) is 10.2 Å². The number of carbonyl (C=O) groups is 1. The molecule has 0 atom stereocenters. The molecule has 0 bridgehead atoms. The van der Waals surface area contributed by atoms with Crippen molar-refractivity contribution in [1.29, 1.82) is 0 Å². The van der Waals surface area contributed by atoms with Crippen LogP contribution in [0.25, 0.3) is 0 Å². The van der Waals surface area contributed by atoms with Crippen LogP contribution in [0.4, 0.5) is 5.82 Å². The zero-order chi connectivity index (χ0) is 13.9. The average molecular weight is 285 g/mol. The lowest BCUT2D eigenvalue weighted by molar-refractivity contribution is 0.0690. The molecule has 1 saturated heterocycles. The summed E-state index contributed by atoms with van der Waals surface area (Å²) in [6.07, 6.45) is 2.70. The monoisotopic (exact) mass is 285 g/mol. The van der Waals surface area contributed by atoms with Crippen molar-refractivity contribution in [2.45, 2.75) is 19.3 Å². The highest BCUT2D eigenvalue weighted by molar-refractivity contribution is 7.90. The Kier molecular flexibility index (Phi) is 4.01. The number of carboxylic acids is 1. The summed E-state index contributed by atoms with van der Waals surface area (Å²) in [6, 6.07) is 4.18. The van der Waals surface area contributed by atoms with E-state index in [-0.39, 0.29) is 11.5 Å². The Morgan fingerprint density at radius 1 is 1.26 bits per heavy atom. The fourth-order valence-electron chi connectivity index (χ4n) is 1.91. The van der Waals surface area contributed by atoms with Crippen molar-refractivity contribution in [3.63, 3.8) is 0 Å². The van der Waals surface area contributed by atoms with Crippen molar-refractivity contribution in [1.82, 2.24) is 9.29 Å². The van der Waals surface area contributed by atoms with Gasteiger partial charge in [-0.25, -0.2) is 9.78 Å². The normalized spacial score (nSPS) is 17.1. The maximum Gasteiger partial charge on any atom is 0.354 e. The molecular formula is C11H15N3O4S. The lowest BCUT2D eigenvalue weighted by Crippen LogP contribution is -2.39. The number of piperidine rings is 1. The van der Waals surface area contributed by atoms with E-state index < -0.39 is 16.2 Å². The smallest absolute Gasteiger partial charge is 0.354 e. The third-order valence-corrected chi connectivity index (χ3v) is 4.37. The standard InChI is InChI=1S/C11H15N3O4S/c15-11(16)9-5-4-6-10(12-9)13-19(17,18)14-7-2-1-3-8-14/h4-6H,1-3,7-8H2,(H,12,13)(H,15,16). The minimum Gasteiger partial charge on any atom is -0.477 e. The van der Waals surface area contributed by atoms with Gasteiger partial charge in [0.05, 0.1) is 0 Å². The number of pyridine rings is 1. The van der Waals surface area contributed by atoms with Gasteiger partial charge in [-0.1, -0.05) is 12.5 Å². The van der Waals surface area contributed by atoms with E-state index in [1.807, 2.05) is 0 Å². The Bertz CT molecular complexity index is 567. The van der Waals surface area contributed by atoms with Gasteiger partial charge in [-0.2, -0.15) is 12.7 Å². The summed E-state index contributed by atoms with van der Waals surface area (Å²) in [6.45, 7) is 0.960. The molecule has 2 rings (SSSR count). The number of hydrogen-bond acceptors (Lipinski definition) is 4. The number of anilines is 1. The van der Waals surface area contributed by atoms with E-state index in [1.54, 1.807) is 0 Å². The molecule has 7 nitrogen and oxygen atoms in total. The maximum atomic E-state index is 12.1. The maximum absolute atomic E-state index is 12.1. The second kappa shape index (κ2) is 5.54. The van der Waals surface area contributed by atoms with Crippen molar-refractivity contribution >= 4 is 22.0 Å². The Balaban J connectivity index is 2.15. The van der Waals surface area contributed by atoms with Gasteiger partial charge in [-0.05, 0) is 25.0 Å². The van der Waals surface area contributed by atoms with Gasteiger partial charge in [0.2, 0.25) is 0 Å². The van der Waals surface area contributed by atoms with Crippen molar-refractivity contribution in [2.75, 3.05) is 17.8 Å². The van der Waals surface area contributed by atoms with Gasteiger partial charge in [0.25, 0.3) is 0 Å². The number of hydrogen-bond donors (Lipinski definition) is 2. The molecule has 0 aromatic carbocycles. The van der Waals surface area contributed by atoms with Crippen LogP contribution in [0.3, 0.4) is 0 Å². The molecule has 1 fully saturated rings. The first-order valence-corrected chi connectivity index (χ1v) is 7.41. The highest BCUT2D eigenvalue weighted by Gasteiger charge is 2.24. The lowest BCUT2D eigenvalue weighted by Gasteiger charge is -2.25. The summed E-state index contributed by atoms with van der Waals surface area (Å²) in [5, 5.41) is 8.81. The van der Waals surface area contributed by atoms with Crippen LogP contribution in [0.5, 0.6) is 0 Å². The van der Waals surface area contributed by atoms with Gasteiger partial charge in [0.15, 0.2) is 5.69 Å². The van der Waals surface area contributed by atoms with Crippen molar-refractivity contribution in [3.05, 3.63) is 23.9 Å². The zero-order valence-corrected chi connectivity index (χ0v) is 11.1. The van der Waals surface area contributed by atoms with E-state index in [1.165, 1.54) is 22.5 Å². The molecule has 1 aromatic rings. The summed E-state index contributed by atoms with van der Waals surface area (Å²) >= 11 is 0. The molecule has 0 saturated carbocycles. The van der Waals surface area contributed by atoms with Gasteiger partial charge >= 0.3 is 16.2 Å². The van der Waals surface area contributed by atoms with Crippen LogP contribution >= 0.6 is 0 Å². The number of aromatic carboxylic acids is 1. The lowest BCUT2D eigenvalue weighted by atomic mass is 10.2. The largest absolute Gasteiger partial charge is 0.477 e. The molecule has 0 radical (unpaired) electrons. The van der Waals surface area contributed by atoms with Crippen LogP contribution in [0, 0.1) is 0 Å². The summed E-state index contributed by atoms with van der Waals surface area (Å²) in [5.41, 5.74) is -0.196. The van der Waals surface area contributed by atoms with Crippen molar-refractivity contribution in [2.24, 2.45) is 0 Å². The molecule has 0 aliphatic carbocycles. The minimum atomic E-state index is -3.65. The molecule has 0 unspecified atom stereocenters. The third-order valence-electron chi connectivity index (χ3n) is 2.86. The molecule has 104 valence electrons. The number of nitrogens with zero attached hydrogens (tertiary/aromatic N) is 2. The Labute approximate surface area is 111 Å². The highest BCUT2D eigenvalue weighted by Crippen LogP contribution is 2.15. The zero-order valence-electron chi connectivity index (χ0n) is 10.2. The Hall–Kier alpha value is -1.67. The second-order valence-electron chi connectivity index (χ2n) is 4.28. The fraction of sp³-hybridized carbons (Fsp3) is 0.455. The van der Waals surface area contributed by atoms with Crippen LogP contribution in [-0.4, -0.2) is 41.9 Å². The minimum absolute atomic E-state index is 0.0190. The van der Waals surface area contributed by atoms with Gasteiger partial charge in [-0.3, -0.25) is 4.72 Å². The van der Waals surface area contributed by atoms with Gasteiger partial charge < -0.3 is 5.11 Å². The summed E-state index contributed by atoms with van der Waals surface area (Å²) in [7, 11) is -3.65. The molecule has 0 spiro atoms. The fourth-order valence-corrected chi connectivity index (χ4v) is 3.16. The van der Waals surface area contributed by atoms with E-state index in [4.69, 9.17) is 5.11 Å². The molecule has 1 aliphatic rings. The first-order chi connectivity index (χ1) is 8.99. The van der Waals surface area contributed by atoms with E-state index in [0.29, 0.717) is 13.1 Å². The highest BCUT2D eigenvalue weighted by atomic mass is 32.2. The molecule has 1 aromatic heterocycles. The first kappa shape index (κ1) is 13.8.